The fourth-order valence-electron chi connectivity index (χ4n) is 3.15. The summed E-state index contributed by atoms with van der Waals surface area (Å²) in [7, 11) is -1.64. The van der Waals surface area contributed by atoms with E-state index in [0.29, 0.717) is 17.2 Å². The highest BCUT2D eigenvalue weighted by atomic mass is 32.2. The third kappa shape index (κ3) is 2.83. The lowest BCUT2D eigenvalue weighted by Gasteiger charge is -2.37. The zero-order chi connectivity index (χ0) is 14.8. The van der Waals surface area contributed by atoms with Crippen molar-refractivity contribution in [1.82, 2.24) is 0 Å². The van der Waals surface area contributed by atoms with Crippen LogP contribution in [0.3, 0.4) is 0 Å². The first kappa shape index (κ1) is 15.3. The Morgan fingerprint density at radius 2 is 1.90 bits per heavy atom. The number of benzene rings is 1. The summed E-state index contributed by atoms with van der Waals surface area (Å²) in [6.45, 7) is 0.571. The van der Waals surface area contributed by atoms with E-state index in [1.54, 1.807) is 19.2 Å². The van der Waals surface area contributed by atoms with E-state index in [9.17, 15) is 8.42 Å². The van der Waals surface area contributed by atoms with Gasteiger partial charge in [-0.05, 0) is 25.0 Å². The molecule has 0 heterocycles. The summed E-state index contributed by atoms with van der Waals surface area (Å²) >= 11 is 0. The third-order valence-electron chi connectivity index (χ3n) is 4.37. The van der Waals surface area contributed by atoms with Crippen LogP contribution in [0.2, 0.25) is 0 Å². The second kappa shape index (κ2) is 5.74. The molecule has 0 aliphatic heterocycles. The van der Waals surface area contributed by atoms with Gasteiger partial charge >= 0.3 is 0 Å². The molecule has 1 aromatic carbocycles. The lowest BCUT2D eigenvalue weighted by Crippen LogP contribution is -2.37. The third-order valence-corrected chi connectivity index (χ3v) is 5.48. The Labute approximate surface area is 121 Å². The van der Waals surface area contributed by atoms with E-state index in [-0.39, 0.29) is 5.41 Å². The topological polar surface area (TPSA) is 69.4 Å². The van der Waals surface area contributed by atoms with Crippen LogP contribution >= 0.6 is 0 Å². The van der Waals surface area contributed by atoms with E-state index in [2.05, 4.69) is 0 Å². The summed E-state index contributed by atoms with van der Waals surface area (Å²) in [5.74, 6) is 0.639. The molecule has 0 bridgehead atoms. The Bertz CT molecular complexity index is 575. The number of methoxy groups -OCH3 is 1. The quantitative estimate of drug-likeness (QED) is 0.925. The largest absolute Gasteiger partial charge is 0.496 e. The molecule has 20 heavy (non-hydrogen) atoms. The molecule has 1 aliphatic rings. The maximum absolute atomic E-state index is 11.7. The van der Waals surface area contributed by atoms with E-state index in [0.717, 1.165) is 31.2 Å². The molecule has 1 aromatic rings. The Morgan fingerprint density at radius 3 is 2.40 bits per heavy atom. The summed E-state index contributed by atoms with van der Waals surface area (Å²) in [5, 5.41) is 0. The number of sulfone groups is 1. The summed E-state index contributed by atoms with van der Waals surface area (Å²) < 4.78 is 28.8. The van der Waals surface area contributed by atoms with Gasteiger partial charge in [-0.15, -0.1) is 0 Å². The molecule has 0 aromatic heterocycles. The van der Waals surface area contributed by atoms with Gasteiger partial charge in [0, 0.05) is 23.8 Å². The van der Waals surface area contributed by atoms with Gasteiger partial charge in [0.25, 0.3) is 0 Å². The predicted octanol–water partition coefficient (Wildman–Crippen LogP) is 2.26. The highest BCUT2D eigenvalue weighted by Crippen LogP contribution is 2.43. The number of rotatable bonds is 4. The minimum absolute atomic E-state index is 0.0698. The van der Waals surface area contributed by atoms with Crippen molar-refractivity contribution >= 4 is 9.84 Å². The van der Waals surface area contributed by atoms with Crippen molar-refractivity contribution in [1.29, 1.82) is 0 Å². The van der Waals surface area contributed by atoms with Gasteiger partial charge in [-0.2, -0.15) is 0 Å². The van der Waals surface area contributed by atoms with Crippen LogP contribution < -0.4 is 10.5 Å². The van der Waals surface area contributed by atoms with Crippen molar-refractivity contribution in [3.63, 3.8) is 0 Å². The highest BCUT2D eigenvalue weighted by Gasteiger charge is 2.35. The van der Waals surface area contributed by atoms with E-state index in [1.807, 2.05) is 6.07 Å². The standard InChI is InChI=1S/C15H23NO3S/c1-19-14-10-12(20(2,17)18)6-7-13(14)15(11-16)8-4-3-5-9-15/h6-7,10H,3-5,8-9,11,16H2,1-2H3. The molecule has 0 amide bonds. The molecule has 0 spiro atoms. The van der Waals surface area contributed by atoms with Crippen molar-refractivity contribution in [3.8, 4) is 5.75 Å². The van der Waals surface area contributed by atoms with E-state index < -0.39 is 9.84 Å². The summed E-state index contributed by atoms with van der Waals surface area (Å²) in [4.78, 5) is 0.293. The number of nitrogens with two attached hydrogens (primary N) is 1. The summed E-state index contributed by atoms with van der Waals surface area (Å²) in [6.07, 6.45) is 6.85. The Kier molecular flexibility index (Phi) is 4.39. The molecule has 0 atom stereocenters. The SMILES string of the molecule is COc1cc(S(C)(=O)=O)ccc1C1(CN)CCCCC1. The molecular formula is C15H23NO3S. The van der Waals surface area contributed by atoms with Crippen LogP contribution in [0.4, 0.5) is 0 Å². The van der Waals surface area contributed by atoms with Crippen molar-refractivity contribution in [2.24, 2.45) is 5.73 Å². The second-order valence-electron chi connectivity index (χ2n) is 5.68. The number of hydrogen-bond donors (Lipinski definition) is 1. The number of hydrogen-bond acceptors (Lipinski definition) is 4. The van der Waals surface area contributed by atoms with Crippen LogP contribution in [0.15, 0.2) is 23.1 Å². The molecule has 112 valence electrons. The van der Waals surface area contributed by atoms with Gasteiger partial charge in [-0.3, -0.25) is 0 Å². The van der Waals surface area contributed by atoms with Crippen LogP contribution in [0.5, 0.6) is 5.75 Å². The van der Waals surface area contributed by atoms with Crippen LogP contribution in [-0.2, 0) is 15.3 Å². The van der Waals surface area contributed by atoms with Gasteiger partial charge in [-0.1, -0.05) is 25.3 Å². The lowest BCUT2D eigenvalue weighted by molar-refractivity contribution is 0.287. The van der Waals surface area contributed by atoms with E-state index in [4.69, 9.17) is 10.5 Å². The zero-order valence-corrected chi connectivity index (χ0v) is 13.0. The normalized spacial score (nSPS) is 18.8. The van der Waals surface area contributed by atoms with Crippen molar-refractivity contribution in [2.45, 2.75) is 42.4 Å². The molecule has 1 aliphatic carbocycles. The van der Waals surface area contributed by atoms with Gasteiger partial charge in [-0.25, -0.2) is 8.42 Å². The van der Waals surface area contributed by atoms with Crippen LogP contribution in [-0.4, -0.2) is 28.3 Å². The molecule has 1 fully saturated rings. The molecule has 0 radical (unpaired) electrons. The van der Waals surface area contributed by atoms with Crippen LogP contribution in [0, 0.1) is 0 Å². The minimum Gasteiger partial charge on any atom is -0.496 e. The second-order valence-corrected chi connectivity index (χ2v) is 7.70. The average Bonchev–Trinajstić information content (AvgIpc) is 2.46. The average molecular weight is 297 g/mol. The van der Waals surface area contributed by atoms with Gasteiger partial charge in [0.15, 0.2) is 9.84 Å². The van der Waals surface area contributed by atoms with Crippen LogP contribution in [0.1, 0.15) is 37.7 Å². The summed E-state index contributed by atoms with van der Waals surface area (Å²) in [5.41, 5.74) is 7.02. The van der Waals surface area contributed by atoms with Crippen molar-refractivity contribution < 1.29 is 13.2 Å². The first-order valence-electron chi connectivity index (χ1n) is 7.02. The predicted molar refractivity (Wildman–Crippen MR) is 79.9 cm³/mol. The monoisotopic (exact) mass is 297 g/mol. The smallest absolute Gasteiger partial charge is 0.175 e. The fraction of sp³-hybridized carbons (Fsp3) is 0.600. The Morgan fingerprint density at radius 1 is 1.25 bits per heavy atom. The van der Waals surface area contributed by atoms with Gasteiger partial charge in [0.2, 0.25) is 0 Å². The molecule has 2 rings (SSSR count). The summed E-state index contributed by atoms with van der Waals surface area (Å²) in [6, 6.07) is 5.17. The fourth-order valence-corrected chi connectivity index (χ4v) is 3.79. The van der Waals surface area contributed by atoms with Crippen molar-refractivity contribution in [3.05, 3.63) is 23.8 Å². The van der Waals surface area contributed by atoms with Crippen molar-refractivity contribution in [2.75, 3.05) is 19.9 Å². The first-order valence-corrected chi connectivity index (χ1v) is 8.91. The Balaban J connectivity index is 2.50. The van der Waals surface area contributed by atoms with E-state index in [1.165, 1.54) is 12.7 Å². The molecule has 5 heteroatoms. The highest BCUT2D eigenvalue weighted by molar-refractivity contribution is 7.90. The molecule has 1 saturated carbocycles. The van der Waals surface area contributed by atoms with Crippen LogP contribution in [0.25, 0.3) is 0 Å². The van der Waals surface area contributed by atoms with Gasteiger partial charge in [0.1, 0.15) is 5.75 Å². The maximum Gasteiger partial charge on any atom is 0.175 e. The Hall–Kier alpha value is -1.07. The molecule has 0 saturated heterocycles. The maximum atomic E-state index is 11.7. The molecular weight excluding hydrogens is 274 g/mol. The molecule has 2 N–H and O–H groups in total. The minimum atomic E-state index is -3.22. The lowest BCUT2D eigenvalue weighted by atomic mass is 9.69. The zero-order valence-electron chi connectivity index (χ0n) is 12.2. The molecule has 0 unspecified atom stereocenters. The number of ether oxygens (including phenoxy) is 1. The van der Waals surface area contributed by atoms with E-state index >= 15 is 0 Å². The van der Waals surface area contributed by atoms with Gasteiger partial charge in [0.05, 0.1) is 12.0 Å². The molecule has 4 nitrogen and oxygen atoms in total. The van der Waals surface area contributed by atoms with Gasteiger partial charge < -0.3 is 10.5 Å². The first-order chi connectivity index (χ1) is 9.43.